The van der Waals surface area contributed by atoms with Crippen LogP contribution in [-0.4, -0.2) is 17.5 Å². The van der Waals surface area contributed by atoms with Crippen molar-refractivity contribution in [2.24, 2.45) is 35.3 Å². The Bertz CT molecular complexity index is 225. The Labute approximate surface area is 104 Å². The quantitative estimate of drug-likeness (QED) is 0.815. The highest BCUT2D eigenvalue weighted by molar-refractivity contribution is 7.99. The van der Waals surface area contributed by atoms with E-state index in [9.17, 15) is 0 Å². The van der Waals surface area contributed by atoms with Gasteiger partial charge < -0.3 is 5.73 Å². The molecule has 0 aliphatic heterocycles. The number of thioether (sulfide) groups is 1. The van der Waals surface area contributed by atoms with Crippen LogP contribution >= 0.6 is 11.8 Å². The maximum Gasteiger partial charge on any atom is 0.00586 e. The van der Waals surface area contributed by atoms with Crippen molar-refractivity contribution in [2.45, 2.75) is 44.3 Å². The summed E-state index contributed by atoms with van der Waals surface area (Å²) in [6.07, 6.45) is 7.82. The summed E-state index contributed by atoms with van der Waals surface area (Å²) in [7, 11) is 0. The van der Waals surface area contributed by atoms with Crippen molar-refractivity contribution in [3.05, 3.63) is 0 Å². The van der Waals surface area contributed by atoms with E-state index in [2.05, 4.69) is 18.7 Å². The smallest absolute Gasteiger partial charge is 0.00586 e. The van der Waals surface area contributed by atoms with Gasteiger partial charge in [0, 0.05) is 17.5 Å². The second kappa shape index (κ2) is 4.53. The second-order valence-electron chi connectivity index (χ2n) is 6.37. The summed E-state index contributed by atoms with van der Waals surface area (Å²) in [4.78, 5) is 0. The molecule has 2 N–H and O–H groups in total. The fourth-order valence-corrected chi connectivity index (χ4v) is 6.27. The van der Waals surface area contributed by atoms with Crippen LogP contribution < -0.4 is 5.73 Å². The minimum atomic E-state index is 0.850. The van der Waals surface area contributed by atoms with E-state index < -0.39 is 0 Å². The van der Waals surface area contributed by atoms with Gasteiger partial charge in [-0.25, -0.2) is 0 Å². The predicted molar refractivity (Wildman–Crippen MR) is 71.5 cm³/mol. The summed E-state index contributed by atoms with van der Waals surface area (Å²) in [6.45, 7) is 3.32. The Morgan fingerprint density at radius 3 is 2.12 bits per heavy atom. The molecule has 16 heavy (non-hydrogen) atoms. The van der Waals surface area contributed by atoms with E-state index in [1.807, 2.05) is 0 Å². The lowest BCUT2D eigenvalue weighted by Crippen LogP contribution is -2.48. The minimum Gasteiger partial charge on any atom is -0.330 e. The number of rotatable bonds is 4. The molecule has 0 heterocycles. The number of hydrogen-bond acceptors (Lipinski definition) is 2. The Morgan fingerprint density at radius 1 is 1.06 bits per heavy atom. The average molecular weight is 239 g/mol. The molecule has 0 aromatic rings. The van der Waals surface area contributed by atoms with Crippen molar-refractivity contribution >= 4 is 11.8 Å². The maximum atomic E-state index is 5.63. The Kier molecular flexibility index (Phi) is 3.23. The fraction of sp³-hybridized carbons (Fsp3) is 1.00. The minimum absolute atomic E-state index is 0.850. The molecule has 2 heteroatoms. The SMILES string of the molecule is CC(SCCN)C1C2CC3CC(C2)CC1C3. The molecular formula is C14H25NS. The molecule has 4 bridgehead atoms. The first-order chi connectivity index (χ1) is 7.78. The van der Waals surface area contributed by atoms with Crippen LogP contribution in [-0.2, 0) is 0 Å². The molecule has 0 radical (unpaired) electrons. The Hall–Kier alpha value is 0.310. The van der Waals surface area contributed by atoms with E-state index in [1.54, 1.807) is 32.1 Å². The Morgan fingerprint density at radius 2 is 1.62 bits per heavy atom. The van der Waals surface area contributed by atoms with Crippen LogP contribution in [0.2, 0.25) is 0 Å². The van der Waals surface area contributed by atoms with Crippen LogP contribution in [0.1, 0.15) is 39.0 Å². The van der Waals surface area contributed by atoms with E-state index in [-0.39, 0.29) is 0 Å². The predicted octanol–water partition coefficient (Wildman–Crippen LogP) is 3.14. The molecule has 0 aromatic heterocycles. The van der Waals surface area contributed by atoms with Gasteiger partial charge in [-0.15, -0.1) is 0 Å². The van der Waals surface area contributed by atoms with Crippen LogP contribution in [0.5, 0.6) is 0 Å². The molecule has 0 amide bonds. The maximum absolute atomic E-state index is 5.63. The summed E-state index contributed by atoms with van der Waals surface area (Å²) in [5.41, 5.74) is 5.63. The van der Waals surface area contributed by atoms with Crippen molar-refractivity contribution in [1.29, 1.82) is 0 Å². The monoisotopic (exact) mass is 239 g/mol. The lowest BCUT2D eigenvalue weighted by molar-refractivity contribution is -0.0351. The van der Waals surface area contributed by atoms with Gasteiger partial charge in [0.15, 0.2) is 0 Å². The van der Waals surface area contributed by atoms with Crippen molar-refractivity contribution in [2.75, 3.05) is 12.3 Å². The van der Waals surface area contributed by atoms with Gasteiger partial charge in [0.05, 0.1) is 0 Å². The molecule has 1 nitrogen and oxygen atoms in total. The zero-order valence-electron chi connectivity index (χ0n) is 10.4. The summed E-state index contributed by atoms with van der Waals surface area (Å²) in [5.74, 6) is 6.58. The van der Waals surface area contributed by atoms with Gasteiger partial charge in [0.25, 0.3) is 0 Å². The third kappa shape index (κ3) is 1.92. The van der Waals surface area contributed by atoms with E-state index in [1.165, 1.54) is 0 Å². The lowest BCUT2D eigenvalue weighted by atomic mass is 9.51. The van der Waals surface area contributed by atoms with Crippen LogP contribution in [0, 0.1) is 29.6 Å². The first-order valence-electron chi connectivity index (χ1n) is 7.09. The number of nitrogens with two attached hydrogens (primary N) is 1. The Balaban J connectivity index is 1.67. The molecule has 4 aliphatic carbocycles. The molecule has 92 valence electrons. The third-order valence-electron chi connectivity index (χ3n) is 5.34. The summed E-state index contributed by atoms with van der Waals surface area (Å²) < 4.78 is 0. The molecule has 1 atom stereocenters. The van der Waals surface area contributed by atoms with Crippen molar-refractivity contribution in [1.82, 2.24) is 0 Å². The highest BCUT2D eigenvalue weighted by Crippen LogP contribution is 2.58. The van der Waals surface area contributed by atoms with Gasteiger partial charge >= 0.3 is 0 Å². The third-order valence-corrected chi connectivity index (χ3v) is 6.65. The largest absolute Gasteiger partial charge is 0.330 e. The van der Waals surface area contributed by atoms with Gasteiger partial charge in [0.1, 0.15) is 0 Å². The molecule has 4 rings (SSSR count). The molecule has 0 spiro atoms. The van der Waals surface area contributed by atoms with Gasteiger partial charge in [-0.05, 0) is 61.7 Å². The highest BCUT2D eigenvalue weighted by Gasteiger charge is 2.49. The first kappa shape index (κ1) is 11.4. The van der Waals surface area contributed by atoms with Gasteiger partial charge in [-0.3, -0.25) is 0 Å². The van der Waals surface area contributed by atoms with E-state index in [4.69, 9.17) is 5.73 Å². The average Bonchev–Trinajstić information content (AvgIpc) is 2.24. The molecule has 4 fully saturated rings. The number of hydrogen-bond donors (Lipinski definition) is 1. The van der Waals surface area contributed by atoms with Crippen molar-refractivity contribution < 1.29 is 0 Å². The highest BCUT2D eigenvalue weighted by atomic mass is 32.2. The van der Waals surface area contributed by atoms with Crippen LogP contribution in [0.15, 0.2) is 0 Å². The fourth-order valence-electron chi connectivity index (χ4n) is 5.10. The summed E-state index contributed by atoms with van der Waals surface area (Å²) in [6, 6.07) is 0. The first-order valence-corrected chi connectivity index (χ1v) is 8.14. The second-order valence-corrected chi connectivity index (χ2v) is 7.86. The van der Waals surface area contributed by atoms with Crippen LogP contribution in [0.25, 0.3) is 0 Å². The standard InChI is InChI=1S/C14H25NS/c1-9(16-3-2-15)14-12-5-10-4-11(7-12)8-13(14)6-10/h9-14H,2-8,15H2,1H3. The van der Waals surface area contributed by atoms with Crippen molar-refractivity contribution in [3.63, 3.8) is 0 Å². The zero-order chi connectivity index (χ0) is 11.1. The summed E-state index contributed by atoms with van der Waals surface area (Å²) >= 11 is 2.13. The topological polar surface area (TPSA) is 26.0 Å². The molecular weight excluding hydrogens is 214 g/mol. The van der Waals surface area contributed by atoms with E-state index in [0.717, 1.165) is 47.1 Å². The van der Waals surface area contributed by atoms with Gasteiger partial charge in [-0.1, -0.05) is 6.92 Å². The van der Waals surface area contributed by atoms with Crippen molar-refractivity contribution in [3.8, 4) is 0 Å². The van der Waals surface area contributed by atoms with Crippen LogP contribution in [0.3, 0.4) is 0 Å². The lowest BCUT2D eigenvalue weighted by Gasteiger charge is -2.56. The molecule has 4 saturated carbocycles. The van der Waals surface area contributed by atoms with E-state index in [0.29, 0.717) is 0 Å². The van der Waals surface area contributed by atoms with Gasteiger partial charge in [-0.2, -0.15) is 11.8 Å². The molecule has 0 aromatic carbocycles. The molecule has 0 saturated heterocycles. The molecule has 1 unspecified atom stereocenters. The zero-order valence-corrected chi connectivity index (χ0v) is 11.2. The summed E-state index contributed by atoms with van der Waals surface area (Å²) in [5, 5.41) is 0.860. The molecule has 4 aliphatic rings. The van der Waals surface area contributed by atoms with Crippen LogP contribution in [0.4, 0.5) is 0 Å². The van der Waals surface area contributed by atoms with Gasteiger partial charge in [0.2, 0.25) is 0 Å². The van der Waals surface area contributed by atoms with E-state index >= 15 is 0 Å². The normalized spacial score (nSPS) is 47.2.